The van der Waals surface area contributed by atoms with Crippen LogP contribution in [0.1, 0.15) is 25.3 Å². The van der Waals surface area contributed by atoms with E-state index in [0.717, 1.165) is 25.0 Å². The van der Waals surface area contributed by atoms with Gasteiger partial charge in [0.15, 0.2) is 6.61 Å². The summed E-state index contributed by atoms with van der Waals surface area (Å²) < 4.78 is 11.2. The molecule has 2 aromatic carbocycles. The number of halogens is 2. The molecule has 2 aromatic rings. The molecule has 0 saturated carbocycles. The quantitative estimate of drug-likeness (QED) is 0.606. The van der Waals surface area contributed by atoms with Crippen LogP contribution < -0.4 is 10.1 Å². The van der Waals surface area contributed by atoms with Crippen molar-refractivity contribution in [3.8, 4) is 5.75 Å². The van der Waals surface area contributed by atoms with E-state index in [2.05, 4.69) is 5.32 Å². The number of nitrogens with zero attached hydrogens (tertiary/aromatic N) is 1. The van der Waals surface area contributed by atoms with E-state index in [-0.39, 0.29) is 31.1 Å². The molecule has 2 amide bonds. The minimum absolute atomic E-state index is 0.0279. The number of rotatable bonds is 9. The van der Waals surface area contributed by atoms with Crippen LogP contribution in [0.2, 0.25) is 10.0 Å². The molecule has 3 rings (SSSR count). The van der Waals surface area contributed by atoms with Gasteiger partial charge >= 0.3 is 0 Å². The van der Waals surface area contributed by atoms with Crippen molar-refractivity contribution in [2.24, 2.45) is 0 Å². The van der Waals surface area contributed by atoms with Gasteiger partial charge in [0.2, 0.25) is 5.91 Å². The van der Waals surface area contributed by atoms with E-state index in [1.54, 1.807) is 43.3 Å². The lowest BCUT2D eigenvalue weighted by molar-refractivity contribution is -0.142. The van der Waals surface area contributed by atoms with E-state index in [4.69, 9.17) is 32.7 Å². The number of nitrogens with one attached hydrogen (secondary N) is 1. The molecule has 0 aliphatic carbocycles. The Labute approximate surface area is 192 Å². The van der Waals surface area contributed by atoms with Crippen molar-refractivity contribution < 1.29 is 19.1 Å². The Bertz CT molecular complexity index is 885. The minimum Gasteiger partial charge on any atom is -0.482 e. The molecule has 0 radical (unpaired) electrons. The molecule has 2 unspecified atom stereocenters. The smallest absolute Gasteiger partial charge is 0.261 e. The molecule has 0 bridgehead atoms. The lowest BCUT2D eigenvalue weighted by Gasteiger charge is -2.29. The summed E-state index contributed by atoms with van der Waals surface area (Å²) in [6, 6.07) is 13.4. The number of carbonyl (C=O) groups excluding carboxylic acids is 2. The van der Waals surface area contributed by atoms with Crippen LogP contribution in [-0.4, -0.2) is 48.6 Å². The van der Waals surface area contributed by atoms with Crippen molar-refractivity contribution >= 4 is 35.0 Å². The second-order valence-electron chi connectivity index (χ2n) is 7.42. The number of carbonyl (C=O) groups is 2. The van der Waals surface area contributed by atoms with Crippen LogP contribution in [0.5, 0.6) is 5.75 Å². The summed E-state index contributed by atoms with van der Waals surface area (Å²) in [4.78, 5) is 27.3. The van der Waals surface area contributed by atoms with Gasteiger partial charge in [0.25, 0.3) is 5.91 Å². The molecule has 0 aromatic heterocycles. The first-order valence-electron chi connectivity index (χ1n) is 10.2. The summed E-state index contributed by atoms with van der Waals surface area (Å²) in [6.45, 7) is 2.87. The van der Waals surface area contributed by atoms with Crippen molar-refractivity contribution in [1.82, 2.24) is 10.2 Å². The molecule has 0 spiro atoms. The summed E-state index contributed by atoms with van der Waals surface area (Å²) >= 11 is 12.1. The largest absolute Gasteiger partial charge is 0.482 e. The van der Waals surface area contributed by atoms with Gasteiger partial charge in [0, 0.05) is 24.7 Å². The van der Waals surface area contributed by atoms with Crippen molar-refractivity contribution in [3.05, 3.63) is 64.1 Å². The molecular formula is C23H26Cl2N2O4. The number of amides is 2. The Kier molecular flexibility index (Phi) is 8.58. The van der Waals surface area contributed by atoms with Gasteiger partial charge in [-0.1, -0.05) is 47.5 Å². The molecule has 8 heteroatoms. The first kappa shape index (κ1) is 23.4. The van der Waals surface area contributed by atoms with Gasteiger partial charge in [0.05, 0.1) is 11.1 Å². The molecule has 31 heavy (non-hydrogen) atoms. The van der Waals surface area contributed by atoms with Crippen molar-refractivity contribution in [1.29, 1.82) is 0 Å². The Morgan fingerprint density at radius 3 is 2.61 bits per heavy atom. The van der Waals surface area contributed by atoms with Crippen LogP contribution in [0.3, 0.4) is 0 Å². The number of ether oxygens (including phenoxy) is 2. The fourth-order valence-corrected chi connectivity index (χ4v) is 3.64. The molecule has 166 valence electrons. The van der Waals surface area contributed by atoms with Crippen LogP contribution in [-0.2, 0) is 20.9 Å². The topological polar surface area (TPSA) is 67.9 Å². The summed E-state index contributed by atoms with van der Waals surface area (Å²) in [5.41, 5.74) is 0.856. The molecule has 1 N–H and O–H groups in total. The van der Waals surface area contributed by atoms with Gasteiger partial charge in [-0.3, -0.25) is 9.59 Å². The van der Waals surface area contributed by atoms with E-state index in [1.165, 1.54) is 4.90 Å². The van der Waals surface area contributed by atoms with Crippen LogP contribution in [0, 0.1) is 0 Å². The summed E-state index contributed by atoms with van der Waals surface area (Å²) in [5.74, 6) is -0.148. The average molecular weight is 465 g/mol. The highest BCUT2D eigenvalue weighted by molar-refractivity contribution is 6.32. The lowest BCUT2D eigenvalue weighted by Crippen LogP contribution is -2.50. The monoisotopic (exact) mass is 464 g/mol. The maximum absolute atomic E-state index is 13.0. The van der Waals surface area contributed by atoms with Gasteiger partial charge in [-0.15, -0.1) is 0 Å². The lowest BCUT2D eigenvalue weighted by atomic mass is 10.1. The molecule has 1 heterocycles. The minimum atomic E-state index is -0.695. The van der Waals surface area contributed by atoms with E-state index in [1.807, 2.05) is 12.1 Å². The highest BCUT2D eigenvalue weighted by atomic mass is 35.5. The third-order valence-corrected chi connectivity index (χ3v) is 5.71. The fourth-order valence-electron chi connectivity index (χ4n) is 3.32. The van der Waals surface area contributed by atoms with Crippen LogP contribution in [0.25, 0.3) is 0 Å². The predicted molar refractivity (Wildman–Crippen MR) is 120 cm³/mol. The van der Waals surface area contributed by atoms with Crippen molar-refractivity contribution in [3.63, 3.8) is 0 Å². The second kappa shape index (κ2) is 11.4. The summed E-state index contributed by atoms with van der Waals surface area (Å²) in [7, 11) is 0. The molecular weight excluding hydrogens is 439 g/mol. The van der Waals surface area contributed by atoms with E-state index < -0.39 is 6.04 Å². The Morgan fingerprint density at radius 1 is 1.19 bits per heavy atom. The maximum atomic E-state index is 13.0. The van der Waals surface area contributed by atoms with Gasteiger partial charge in [-0.2, -0.15) is 0 Å². The number of para-hydroxylation sites is 1. The molecule has 6 nitrogen and oxygen atoms in total. The number of hydrogen-bond acceptors (Lipinski definition) is 4. The summed E-state index contributed by atoms with van der Waals surface area (Å²) in [5, 5.41) is 3.92. The first-order chi connectivity index (χ1) is 14.9. The van der Waals surface area contributed by atoms with Gasteiger partial charge in [-0.05, 0) is 49.6 Å². The van der Waals surface area contributed by atoms with E-state index in [9.17, 15) is 9.59 Å². The van der Waals surface area contributed by atoms with Crippen molar-refractivity contribution in [2.75, 3.05) is 19.8 Å². The zero-order chi connectivity index (χ0) is 22.2. The highest BCUT2D eigenvalue weighted by Gasteiger charge is 2.27. The average Bonchev–Trinajstić information content (AvgIpc) is 3.29. The zero-order valence-corrected chi connectivity index (χ0v) is 18.9. The third-order valence-electron chi connectivity index (χ3n) is 5.15. The SMILES string of the molecule is CC(C(=O)NCC1CCCO1)N(Cc1ccc(Cl)cc1)C(=O)COc1ccccc1Cl. The molecule has 1 saturated heterocycles. The van der Waals surface area contributed by atoms with Crippen molar-refractivity contribution in [2.45, 2.75) is 38.5 Å². The fraction of sp³-hybridized carbons (Fsp3) is 0.391. The normalized spacial score (nSPS) is 16.5. The zero-order valence-electron chi connectivity index (χ0n) is 17.4. The summed E-state index contributed by atoms with van der Waals surface area (Å²) in [6.07, 6.45) is 1.95. The molecule has 1 aliphatic heterocycles. The van der Waals surface area contributed by atoms with Gasteiger partial charge in [0.1, 0.15) is 11.8 Å². The Hall–Kier alpha value is -2.28. The van der Waals surface area contributed by atoms with Crippen LogP contribution in [0.4, 0.5) is 0 Å². The second-order valence-corrected chi connectivity index (χ2v) is 8.27. The predicted octanol–water partition coefficient (Wildman–Crippen LogP) is 4.08. The van der Waals surface area contributed by atoms with Crippen LogP contribution >= 0.6 is 23.2 Å². The maximum Gasteiger partial charge on any atom is 0.261 e. The number of benzene rings is 2. The van der Waals surface area contributed by atoms with Gasteiger partial charge < -0.3 is 19.7 Å². The third kappa shape index (κ3) is 6.86. The molecule has 2 atom stereocenters. The van der Waals surface area contributed by atoms with E-state index >= 15 is 0 Å². The molecule has 1 aliphatic rings. The van der Waals surface area contributed by atoms with E-state index in [0.29, 0.717) is 22.3 Å². The Morgan fingerprint density at radius 2 is 1.94 bits per heavy atom. The first-order valence-corrected chi connectivity index (χ1v) is 11.0. The van der Waals surface area contributed by atoms with Gasteiger partial charge in [-0.25, -0.2) is 0 Å². The van der Waals surface area contributed by atoms with Crippen LogP contribution in [0.15, 0.2) is 48.5 Å². The number of hydrogen-bond donors (Lipinski definition) is 1. The Balaban J connectivity index is 1.67. The standard InChI is InChI=1S/C23H26Cl2N2O4/c1-16(23(29)26-13-19-5-4-12-30-19)27(14-17-8-10-18(24)11-9-17)22(28)15-31-21-7-3-2-6-20(21)25/h2-3,6-11,16,19H,4-5,12-15H2,1H3,(H,26,29). The highest BCUT2D eigenvalue weighted by Crippen LogP contribution is 2.23. The molecule has 1 fully saturated rings.